The molecule has 0 aliphatic heterocycles. The fourth-order valence-corrected chi connectivity index (χ4v) is 3.15. The number of rotatable bonds is 7. The zero-order chi connectivity index (χ0) is 19.7. The van der Waals surface area contributed by atoms with Crippen molar-refractivity contribution in [3.8, 4) is 0 Å². The summed E-state index contributed by atoms with van der Waals surface area (Å²) in [4.78, 5) is 0.0958. The van der Waals surface area contributed by atoms with Gasteiger partial charge in [-0.05, 0) is 36.4 Å². The van der Waals surface area contributed by atoms with E-state index < -0.39 is 10.0 Å². The van der Waals surface area contributed by atoms with Gasteiger partial charge in [-0.3, -0.25) is 16.3 Å². The maximum Gasteiger partial charge on any atom is 0.284 e. The van der Waals surface area contributed by atoms with Crippen LogP contribution in [0.2, 0.25) is 0 Å². The van der Waals surface area contributed by atoms with Crippen LogP contribution in [0, 0.1) is 0 Å². The highest BCUT2D eigenvalue weighted by Gasteiger charge is 2.13. The molecule has 0 saturated heterocycles. The maximum atomic E-state index is 12.5. The van der Waals surface area contributed by atoms with E-state index in [2.05, 4.69) is 25.8 Å². The van der Waals surface area contributed by atoms with Crippen molar-refractivity contribution in [1.82, 2.24) is 5.43 Å². The summed E-state index contributed by atoms with van der Waals surface area (Å²) in [5.74, 6) is 0.0242. The zero-order valence-electron chi connectivity index (χ0n) is 14.9. The summed E-state index contributed by atoms with van der Waals surface area (Å²) in [6, 6.07) is 26.5. The van der Waals surface area contributed by atoms with E-state index >= 15 is 0 Å². The smallest absolute Gasteiger partial charge is 0.284 e. The molecule has 0 bridgehead atoms. The Morgan fingerprint density at radius 2 is 1.29 bits per heavy atom. The lowest BCUT2D eigenvalue weighted by Crippen LogP contribution is -2.31. The average Bonchev–Trinajstić information content (AvgIpc) is 2.74. The van der Waals surface area contributed by atoms with Gasteiger partial charge in [0, 0.05) is 0 Å². The molecule has 0 aromatic heterocycles. The normalized spacial score (nSPS) is 11.9. The van der Waals surface area contributed by atoms with Gasteiger partial charge >= 0.3 is 0 Å². The molecule has 0 fully saturated rings. The van der Waals surface area contributed by atoms with Crippen molar-refractivity contribution in [2.45, 2.75) is 4.90 Å². The zero-order valence-corrected chi connectivity index (χ0v) is 15.7. The summed E-state index contributed by atoms with van der Waals surface area (Å²) >= 11 is 0. The van der Waals surface area contributed by atoms with Crippen molar-refractivity contribution >= 4 is 33.4 Å². The third kappa shape index (κ3) is 5.68. The van der Waals surface area contributed by atoms with Gasteiger partial charge < -0.3 is 0 Å². The Bertz CT molecular complexity index is 1040. The maximum absolute atomic E-state index is 12.5. The Balaban J connectivity index is 1.80. The highest BCUT2D eigenvalue weighted by molar-refractivity contribution is 7.90. The molecule has 0 aliphatic rings. The SMILES string of the molecule is O=S(=O)(N=C(C=NNc1ccccc1)NNc1ccccc1)c1ccccc1. The summed E-state index contributed by atoms with van der Waals surface area (Å²) in [6.07, 6.45) is 1.30. The standard InChI is InChI=1S/C20H19N5O2S/c26-28(27,19-14-8-3-9-15-19)25-20(24-23-18-12-6-2-7-13-18)16-21-22-17-10-4-1-5-11-17/h1-16,22-23H,(H,24,25). The number of anilines is 2. The van der Waals surface area contributed by atoms with E-state index in [1.54, 1.807) is 18.2 Å². The van der Waals surface area contributed by atoms with Crippen molar-refractivity contribution in [3.05, 3.63) is 91.0 Å². The van der Waals surface area contributed by atoms with E-state index in [4.69, 9.17) is 0 Å². The van der Waals surface area contributed by atoms with Crippen LogP contribution < -0.4 is 16.3 Å². The number of benzene rings is 3. The highest BCUT2D eigenvalue weighted by atomic mass is 32.2. The van der Waals surface area contributed by atoms with Gasteiger partial charge in [-0.1, -0.05) is 54.6 Å². The third-order valence-corrected chi connectivity index (χ3v) is 4.83. The Labute approximate surface area is 163 Å². The van der Waals surface area contributed by atoms with Crippen molar-refractivity contribution < 1.29 is 8.42 Å². The van der Waals surface area contributed by atoms with Crippen LogP contribution in [0.25, 0.3) is 0 Å². The Morgan fingerprint density at radius 1 is 0.750 bits per heavy atom. The number of nitrogens with one attached hydrogen (secondary N) is 3. The van der Waals surface area contributed by atoms with Crippen LogP contribution >= 0.6 is 0 Å². The average molecular weight is 393 g/mol. The molecule has 142 valence electrons. The molecule has 0 amide bonds. The van der Waals surface area contributed by atoms with E-state index in [0.717, 1.165) is 11.4 Å². The number of nitrogens with zero attached hydrogens (tertiary/aromatic N) is 2. The fourth-order valence-electron chi connectivity index (χ4n) is 2.19. The second-order valence-electron chi connectivity index (χ2n) is 5.62. The van der Waals surface area contributed by atoms with Gasteiger partial charge in [0.05, 0.1) is 22.5 Å². The van der Waals surface area contributed by atoms with Gasteiger partial charge in [0.1, 0.15) is 0 Å². The second kappa shape index (κ2) is 9.33. The molecule has 8 heteroatoms. The number of hydrazone groups is 1. The van der Waals surface area contributed by atoms with Gasteiger partial charge in [0.2, 0.25) is 0 Å². The monoisotopic (exact) mass is 393 g/mol. The number of hydrogen-bond donors (Lipinski definition) is 3. The van der Waals surface area contributed by atoms with E-state index in [1.165, 1.54) is 18.3 Å². The third-order valence-electron chi connectivity index (χ3n) is 3.52. The lowest BCUT2D eigenvalue weighted by Gasteiger charge is -2.09. The molecule has 0 radical (unpaired) electrons. The van der Waals surface area contributed by atoms with Crippen LogP contribution in [0.5, 0.6) is 0 Å². The van der Waals surface area contributed by atoms with Crippen molar-refractivity contribution in [1.29, 1.82) is 0 Å². The van der Waals surface area contributed by atoms with E-state index in [1.807, 2.05) is 60.7 Å². The molecule has 3 aromatic carbocycles. The fraction of sp³-hybridized carbons (Fsp3) is 0. The van der Waals surface area contributed by atoms with Gasteiger partial charge in [-0.2, -0.15) is 13.5 Å². The Morgan fingerprint density at radius 3 is 1.89 bits per heavy atom. The van der Waals surface area contributed by atoms with Crippen LogP contribution in [-0.4, -0.2) is 20.5 Å². The summed E-state index contributed by atoms with van der Waals surface area (Å²) in [5.41, 5.74) is 10.0. The van der Waals surface area contributed by atoms with E-state index in [0.29, 0.717) is 0 Å². The van der Waals surface area contributed by atoms with Gasteiger partial charge in [0.15, 0.2) is 5.84 Å². The number of hydrazine groups is 1. The molecule has 3 aromatic rings. The minimum absolute atomic E-state index is 0.0242. The van der Waals surface area contributed by atoms with E-state index in [-0.39, 0.29) is 10.7 Å². The highest BCUT2D eigenvalue weighted by Crippen LogP contribution is 2.11. The molecule has 7 nitrogen and oxygen atoms in total. The molecule has 0 spiro atoms. The second-order valence-corrected chi connectivity index (χ2v) is 7.22. The predicted octanol–water partition coefficient (Wildman–Crippen LogP) is 3.49. The lowest BCUT2D eigenvalue weighted by atomic mass is 10.3. The first-order chi connectivity index (χ1) is 13.6. The number of amidine groups is 1. The molecule has 0 heterocycles. The molecule has 0 aliphatic carbocycles. The van der Waals surface area contributed by atoms with Crippen LogP contribution in [-0.2, 0) is 10.0 Å². The lowest BCUT2D eigenvalue weighted by molar-refractivity contribution is 0.598. The quantitative estimate of drug-likeness (QED) is 0.324. The molecule has 3 rings (SSSR count). The topological polar surface area (TPSA) is 95.0 Å². The predicted molar refractivity (Wildman–Crippen MR) is 113 cm³/mol. The molecular weight excluding hydrogens is 374 g/mol. The van der Waals surface area contributed by atoms with Crippen molar-refractivity contribution in [2.75, 3.05) is 10.9 Å². The first-order valence-electron chi connectivity index (χ1n) is 8.45. The first-order valence-corrected chi connectivity index (χ1v) is 9.89. The van der Waals surface area contributed by atoms with Crippen LogP contribution in [0.3, 0.4) is 0 Å². The Kier molecular flexibility index (Phi) is 6.37. The molecular formula is C20H19N5O2S. The minimum Gasteiger partial charge on any atom is -0.300 e. The van der Waals surface area contributed by atoms with Gasteiger partial charge in [0.25, 0.3) is 10.0 Å². The van der Waals surface area contributed by atoms with Gasteiger partial charge in [-0.25, -0.2) is 0 Å². The number of hydrogen-bond acceptors (Lipinski definition) is 5. The van der Waals surface area contributed by atoms with Crippen LogP contribution in [0.15, 0.2) is 105 Å². The molecule has 28 heavy (non-hydrogen) atoms. The van der Waals surface area contributed by atoms with Crippen molar-refractivity contribution in [3.63, 3.8) is 0 Å². The summed E-state index contributed by atoms with van der Waals surface area (Å²) in [7, 11) is -3.89. The van der Waals surface area contributed by atoms with Crippen molar-refractivity contribution in [2.24, 2.45) is 9.50 Å². The van der Waals surface area contributed by atoms with E-state index in [9.17, 15) is 8.42 Å². The molecule has 0 unspecified atom stereocenters. The number of para-hydroxylation sites is 2. The first kappa shape index (κ1) is 19.1. The van der Waals surface area contributed by atoms with Gasteiger partial charge in [-0.15, -0.1) is 4.40 Å². The van der Waals surface area contributed by atoms with Crippen LogP contribution in [0.1, 0.15) is 0 Å². The molecule has 3 N–H and O–H groups in total. The minimum atomic E-state index is -3.89. The molecule has 0 atom stereocenters. The Hall–Kier alpha value is -3.65. The van der Waals surface area contributed by atoms with Crippen LogP contribution in [0.4, 0.5) is 11.4 Å². The molecule has 0 saturated carbocycles. The summed E-state index contributed by atoms with van der Waals surface area (Å²) < 4.78 is 29.0. The summed E-state index contributed by atoms with van der Waals surface area (Å²) in [6.45, 7) is 0. The largest absolute Gasteiger partial charge is 0.300 e. The number of sulfonamides is 1. The summed E-state index contributed by atoms with van der Waals surface area (Å²) in [5, 5.41) is 4.06.